The number of amides is 1. The number of carboxylic acids is 1. The number of hydrogen-bond donors (Lipinski definition) is 3. The lowest BCUT2D eigenvalue weighted by Crippen LogP contribution is -2.37. The number of carbonyl (C=O) groups is 2. The van der Waals surface area contributed by atoms with E-state index in [0.717, 1.165) is 0 Å². The summed E-state index contributed by atoms with van der Waals surface area (Å²) >= 11 is 3.74. The smallest absolute Gasteiger partial charge is 0.407 e. The van der Waals surface area contributed by atoms with Crippen LogP contribution in [0.5, 0.6) is 0 Å². The van der Waals surface area contributed by atoms with Gasteiger partial charge in [0.15, 0.2) is 0 Å². The Labute approximate surface area is 88.2 Å². The zero-order valence-corrected chi connectivity index (χ0v) is 9.30. The first-order valence-corrected chi connectivity index (χ1v) is 4.62. The van der Waals surface area contributed by atoms with Gasteiger partial charge in [-0.25, -0.2) is 4.79 Å². The first-order valence-electron chi connectivity index (χ1n) is 4.10. The number of aliphatic carboxylic acids is 1. The van der Waals surface area contributed by atoms with Crippen molar-refractivity contribution in [3.05, 3.63) is 0 Å². The molecule has 0 saturated carbocycles. The van der Waals surface area contributed by atoms with Crippen molar-refractivity contribution in [2.24, 2.45) is 0 Å². The molecule has 0 fully saturated rings. The third kappa shape index (κ3) is 6.59. The summed E-state index contributed by atoms with van der Waals surface area (Å²) < 4.78 is 4.89. The summed E-state index contributed by atoms with van der Waals surface area (Å²) in [5.74, 6) is -1.08. The molecule has 1 atom stereocenters. The van der Waals surface area contributed by atoms with Crippen LogP contribution in [0.15, 0.2) is 0 Å². The number of nitrogens with one attached hydrogen (secondary N) is 1. The highest BCUT2D eigenvalue weighted by atomic mass is 32.1. The fourth-order valence-corrected chi connectivity index (χ4v) is 0.673. The van der Waals surface area contributed by atoms with Gasteiger partial charge in [-0.3, -0.25) is 4.79 Å². The van der Waals surface area contributed by atoms with E-state index in [1.165, 1.54) is 0 Å². The molecule has 0 aliphatic carbocycles. The molecule has 0 aromatic heterocycles. The zero-order chi connectivity index (χ0) is 11.4. The average molecular weight is 221 g/mol. The molecule has 2 N–H and O–H groups in total. The Bertz CT molecular complexity index is 224. The van der Waals surface area contributed by atoms with Crippen molar-refractivity contribution < 1.29 is 19.4 Å². The molecule has 1 amide bonds. The number of thiol groups is 1. The van der Waals surface area contributed by atoms with Gasteiger partial charge in [0.05, 0.1) is 0 Å². The van der Waals surface area contributed by atoms with E-state index in [9.17, 15) is 9.59 Å². The van der Waals surface area contributed by atoms with E-state index in [1.54, 1.807) is 20.8 Å². The molecule has 14 heavy (non-hydrogen) atoms. The highest BCUT2D eigenvalue weighted by Gasteiger charge is 2.18. The first kappa shape index (κ1) is 13.1. The van der Waals surface area contributed by atoms with Crippen LogP contribution in [-0.2, 0) is 9.53 Å². The largest absolute Gasteiger partial charge is 0.480 e. The maximum Gasteiger partial charge on any atom is 0.407 e. The lowest BCUT2D eigenvalue weighted by atomic mass is 10.2. The molecular formula is C8H15NO4S. The standard InChI is InChI=1S/C8H15NO4S/c1-8(2,3)13-7(12)9-4-5(14)6(10)11/h5,14H,4H2,1-3H3,(H,9,12)(H,10,11). The third-order valence-electron chi connectivity index (χ3n) is 1.12. The van der Waals surface area contributed by atoms with Crippen LogP contribution >= 0.6 is 12.6 Å². The van der Waals surface area contributed by atoms with E-state index in [-0.39, 0.29) is 6.54 Å². The molecule has 0 spiro atoms. The second-order valence-corrected chi connectivity index (χ2v) is 4.36. The van der Waals surface area contributed by atoms with Gasteiger partial charge in [-0.05, 0) is 20.8 Å². The van der Waals surface area contributed by atoms with Gasteiger partial charge in [-0.15, -0.1) is 0 Å². The molecule has 0 aromatic rings. The lowest BCUT2D eigenvalue weighted by Gasteiger charge is -2.20. The zero-order valence-electron chi connectivity index (χ0n) is 8.40. The molecule has 0 bridgehead atoms. The number of ether oxygens (including phenoxy) is 1. The number of carboxylic acid groups (broad SMARTS) is 1. The van der Waals surface area contributed by atoms with Crippen LogP contribution in [0.25, 0.3) is 0 Å². The van der Waals surface area contributed by atoms with Crippen molar-refractivity contribution in [1.82, 2.24) is 5.32 Å². The lowest BCUT2D eigenvalue weighted by molar-refractivity contribution is -0.136. The number of rotatable bonds is 3. The van der Waals surface area contributed by atoms with E-state index in [4.69, 9.17) is 9.84 Å². The predicted octanol–water partition coefficient (Wildman–Crippen LogP) is 0.894. The van der Waals surface area contributed by atoms with Gasteiger partial charge in [-0.1, -0.05) is 0 Å². The molecule has 0 heterocycles. The van der Waals surface area contributed by atoms with Crippen LogP contribution in [0.4, 0.5) is 4.79 Å². The SMILES string of the molecule is CC(C)(C)OC(=O)NCC(S)C(=O)O. The molecule has 0 aliphatic heterocycles. The summed E-state index contributed by atoms with van der Waals surface area (Å²) in [6, 6.07) is 0. The predicted molar refractivity (Wildman–Crippen MR) is 54.6 cm³/mol. The fourth-order valence-electron chi connectivity index (χ4n) is 0.581. The van der Waals surface area contributed by atoms with Crippen molar-refractivity contribution in [1.29, 1.82) is 0 Å². The van der Waals surface area contributed by atoms with Crippen molar-refractivity contribution in [2.45, 2.75) is 31.6 Å². The van der Waals surface area contributed by atoms with Crippen LogP contribution in [0, 0.1) is 0 Å². The highest BCUT2D eigenvalue weighted by molar-refractivity contribution is 7.81. The Balaban J connectivity index is 3.81. The first-order chi connectivity index (χ1) is 6.22. The summed E-state index contributed by atoms with van der Waals surface area (Å²) in [5, 5.41) is 9.85. The topological polar surface area (TPSA) is 75.6 Å². The summed E-state index contributed by atoms with van der Waals surface area (Å²) in [4.78, 5) is 21.4. The average Bonchev–Trinajstić information content (AvgIpc) is 1.96. The summed E-state index contributed by atoms with van der Waals surface area (Å²) in [6.07, 6.45) is -0.641. The van der Waals surface area contributed by atoms with Crippen LogP contribution < -0.4 is 5.32 Å². The van der Waals surface area contributed by atoms with Gasteiger partial charge in [0.25, 0.3) is 0 Å². The van der Waals surface area contributed by atoms with Gasteiger partial charge in [0.1, 0.15) is 10.9 Å². The number of alkyl carbamates (subject to hydrolysis) is 1. The fraction of sp³-hybridized carbons (Fsp3) is 0.750. The molecule has 0 saturated heterocycles. The molecule has 0 aromatic carbocycles. The van der Waals surface area contributed by atoms with Crippen molar-refractivity contribution in [3.63, 3.8) is 0 Å². The Morgan fingerprint density at radius 2 is 2.00 bits per heavy atom. The van der Waals surface area contributed by atoms with Gasteiger partial charge >= 0.3 is 12.1 Å². The van der Waals surface area contributed by atoms with Crippen molar-refractivity contribution in [2.75, 3.05) is 6.54 Å². The van der Waals surface area contributed by atoms with E-state index < -0.39 is 22.9 Å². The second-order valence-electron chi connectivity index (χ2n) is 3.74. The van der Waals surface area contributed by atoms with E-state index in [2.05, 4.69) is 17.9 Å². The van der Waals surface area contributed by atoms with Crippen molar-refractivity contribution >= 4 is 24.7 Å². The minimum Gasteiger partial charge on any atom is -0.480 e. The van der Waals surface area contributed by atoms with Gasteiger partial charge in [-0.2, -0.15) is 12.6 Å². The van der Waals surface area contributed by atoms with E-state index >= 15 is 0 Å². The Morgan fingerprint density at radius 3 is 2.36 bits per heavy atom. The molecular weight excluding hydrogens is 206 g/mol. The van der Waals surface area contributed by atoms with Crippen LogP contribution in [0.3, 0.4) is 0 Å². The Kier molecular flexibility index (Phi) is 4.76. The maximum absolute atomic E-state index is 11.0. The molecule has 0 radical (unpaired) electrons. The minimum atomic E-state index is -1.08. The molecule has 6 heteroatoms. The van der Waals surface area contributed by atoms with Crippen LogP contribution in [0.1, 0.15) is 20.8 Å². The van der Waals surface area contributed by atoms with Gasteiger partial charge in [0.2, 0.25) is 0 Å². The highest BCUT2D eigenvalue weighted by Crippen LogP contribution is 2.06. The number of carbonyl (C=O) groups excluding carboxylic acids is 1. The van der Waals surface area contributed by atoms with Gasteiger partial charge in [0, 0.05) is 6.54 Å². The molecule has 1 unspecified atom stereocenters. The Morgan fingerprint density at radius 1 is 1.50 bits per heavy atom. The Hall–Kier alpha value is -0.910. The molecule has 0 rings (SSSR count). The quantitative estimate of drug-likeness (QED) is 0.619. The van der Waals surface area contributed by atoms with Crippen LogP contribution in [0.2, 0.25) is 0 Å². The summed E-state index contributed by atoms with van der Waals surface area (Å²) in [5.41, 5.74) is -0.584. The molecule has 0 aliphatic rings. The van der Waals surface area contributed by atoms with Crippen molar-refractivity contribution in [3.8, 4) is 0 Å². The summed E-state index contributed by atoms with van der Waals surface area (Å²) in [6.45, 7) is 5.11. The molecule has 5 nitrogen and oxygen atoms in total. The maximum atomic E-state index is 11.0. The molecule has 82 valence electrons. The van der Waals surface area contributed by atoms with Gasteiger partial charge < -0.3 is 15.2 Å². The van der Waals surface area contributed by atoms with Crippen LogP contribution in [-0.4, -0.2) is 34.6 Å². The van der Waals surface area contributed by atoms with E-state index in [0.29, 0.717) is 0 Å². The normalized spacial score (nSPS) is 13.1. The van der Waals surface area contributed by atoms with E-state index in [1.807, 2.05) is 0 Å². The minimum absolute atomic E-state index is 0.0621. The third-order valence-corrected chi connectivity index (χ3v) is 1.53. The number of hydrogen-bond acceptors (Lipinski definition) is 4. The second kappa shape index (κ2) is 5.09. The monoisotopic (exact) mass is 221 g/mol. The summed E-state index contributed by atoms with van der Waals surface area (Å²) in [7, 11) is 0.